The summed E-state index contributed by atoms with van der Waals surface area (Å²) in [6.45, 7) is 4.42. The fourth-order valence-corrected chi connectivity index (χ4v) is 2.77. The second-order valence-electron chi connectivity index (χ2n) is 5.90. The molecular weight excluding hydrogens is 288 g/mol. The average molecular weight is 304 g/mol. The maximum Gasteiger partial charge on any atom is 0.261 e. The highest BCUT2D eigenvalue weighted by atomic mass is 16.1. The number of benzene rings is 1. The van der Waals surface area contributed by atoms with Gasteiger partial charge in [0.15, 0.2) is 0 Å². The van der Waals surface area contributed by atoms with Crippen LogP contribution in [0.25, 0.3) is 16.6 Å². The number of aryl methyl sites for hydroxylation is 2. The monoisotopic (exact) mass is 304 g/mol. The van der Waals surface area contributed by atoms with Crippen LogP contribution in [0.4, 0.5) is 0 Å². The number of nitrogens with zero attached hydrogens (tertiary/aromatic N) is 4. The van der Waals surface area contributed by atoms with Gasteiger partial charge in [0.25, 0.3) is 5.56 Å². The lowest BCUT2D eigenvalue weighted by molar-refractivity contribution is 0.734. The molecule has 0 bridgehead atoms. The molecule has 0 unspecified atom stereocenters. The summed E-state index contributed by atoms with van der Waals surface area (Å²) in [6, 6.07) is 9.78. The summed E-state index contributed by atoms with van der Waals surface area (Å²) >= 11 is 0. The number of rotatable bonds is 2. The molecule has 0 spiro atoms. The van der Waals surface area contributed by atoms with Gasteiger partial charge >= 0.3 is 0 Å². The molecule has 4 rings (SSSR count). The van der Waals surface area contributed by atoms with Gasteiger partial charge in [-0.05, 0) is 43.7 Å². The molecule has 0 aliphatic carbocycles. The molecule has 3 heterocycles. The Kier molecular flexibility index (Phi) is 3.01. The fourth-order valence-electron chi connectivity index (χ4n) is 2.77. The molecule has 4 aromatic rings. The van der Waals surface area contributed by atoms with E-state index in [1.165, 1.54) is 0 Å². The minimum Gasteiger partial charge on any atom is -0.307 e. The van der Waals surface area contributed by atoms with Crippen LogP contribution in [-0.2, 0) is 6.54 Å². The zero-order valence-electron chi connectivity index (χ0n) is 13.0. The first-order valence-electron chi connectivity index (χ1n) is 7.50. The number of fused-ring (bicyclic) bond motifs is 2. The van der Waals surface area contributed by atoms with Crippen molar-refractivity contribution in [2.45, 2.75) is 20.4 Å². The highest BCUT2D eigenvalue weighted by Crippen LogP contribution is 2.11. The summed E-state index contributed by atoms with van der Waals surface area (Å²) in [5.41, 5.74) is 4.63. The molecule has 0 aliphatic heterocycles. The van der Waals surface area contributed by atoms with Crippen LogP contribution in [0.1, 0.15) is 16.8 Å². The molecular formula is C18H16N4O. The van der Waals surface area contributed by atoms with Crippen LogP contribution in [0, 0.1) is 13.8 Å². The van der Waals surface area contributed by atoms with Crippen molar-refractivity contribution in [3.05, 3.63) is 76.2 Å². The summed E-state index contributed by atoms with van der Waals surface area (Å²) in [5.74, 6) is 0. The van der Waals surface area contributed by atoms with Crippen LogP contribution in [0.3, 0.4) is 0 Å². The van der Waals surface area contributed by atoms with E-state index in [2.05, 4.69) is 9.97 Å². The van der Waals surface area contributed by atoms with E-state index in [0.717, 1.165) is 28.0 Å². The lowest BCUT2D eigenvalue weighted by atomic mass is 10.2. The quantitative estimate of drug-likeness (QED) is 0.572. The van der Waals surface area contributed by atoms with E-state index < -0.39 is 0 Å². The lowest BCUT2D eigenvalue weighted by Crippen LogP contribution is -2.21. The van der Waals surface area contributed by atoms with Gasteiger partial charge in [-0.2, -0.15) is 0 Å². The lowest BCUT2D eigenvalue weighted by Gasteiger charge is -2.05. The molecule has 0 saturated carbocycles. The zero-order valence-corrected chi connectivity index (χ0v) is 13.0. The van der Waals surface area contributed by atoms with Crippen molar-refractivity contribution in [1.29, 1.82) is 0 Å². The van der Waals surface area contributed by atoms with Gasteiger partial charge in [0.2, 0.25) is 0 Å². The Bertz CT molecular complexity index is 1090. The summed E-state index contributed by atoms with van der Waals surface area (Å²) in [4.78, 5) is 21.6. The minimum atomic E-state index is -0.0352. The Morgan fingerprint density at radius 1 is 1.09 bits per heavy atom. The van der Waals surface area contributed by atoms with E-state index in [0.29, 0.717) is 11.9 Å². The topological polar surface area (TPSA) is 52.2 Å². The molecule has 0 N–H and O–H groups in total. The van der Waals surface area contributed by atoms with Gasteiger partial charge in [0.05, 0.1) is 29.5 Å². The maximum atomic E-state index is 12.6. The van der Waals surface area contributed by atoms with Crippen molar-refractivity contribution in [3.63, 3.8) is 0 Å². The number of hydrogen-bond donors (Lipinski definition) is 0. The second kappa shape index (κ2) is 5.05. The summed E-state index contributed by atoms with van der Waals surface area (Å²) in [5, 5.41) is 0.645. The normalized spacial score (nSPS) is 11.4. The Labute approximate surface area is 132 Å². The van der Waals surface area contributed by atoms with Gasteiger partial charge < -0.3 is 4.40 Å². The van der Waals surface area contributed by atoms with Crippen LogP contribution in [-0.4, -0.2) is 18.9 Å². The van der Waals surface area contributed by atoms with Gasteiger partial charge in [-0.3, -0.25) is 9.36 Å². The summed E-state index contributed by atoms with van der Waals surface area (Å²) in [6.07, 6.45) is 5.52. The smallest absolute Gasteiger partial charge is 0.261 e. The minimum absolute atomic E-state index is 0.0352. The summed E-state index contributed by atoms with van der Waals surface area (Å²) < 4.78 is 3.57. The van der Waals surface area contributed by atoms with Crippen LogP contribution in [0.2, 0.25) is 0 Å². The highest BCUT2D eigenvalue weighted by Gasteiger charge is 2.07. The SMILES string of the molecule is Cc1ccc2ncn(Cc3cn4ccc(C)cc4n3)c(=O)c2c1. The molecule has 0 saturated heterocycles. The predicted molar refractivity (Wildman–Crippen MR) is 89.8 cm³/mol. The molecule has 3 aromatic heterocycles. The van der Waals surface area contributed by atoms with Crippen LogP contribution >= 0.6 is 0 Å². The number of imidazole rings is 1. The van der Waals surface area contributed by atoms with Gasteiger partial charge in [0.1, 0.15) is 5.65 Å². The zero-order chi connectivity index (χ0) is 16.0. The molecule has 1 aromatic carbocycles. The van der Waals surface area contributed by atoms with Crippen LogP contribution in [0.5, 0.6) is 0 Å². The first kappa shape index (κ1) is 13.7. The molecule has 0 radical (unpaired) electrons. The van der Waals surface area contributed by atoms with E-state index >= 15 is 0 Å². The molecule has 0 aliphatic rings. The average Bonchev–Trinajstić information content (AvgIpc) is 2.92. The van der Waals surface area contributed by atoms with Gasteiger partial charge in [0, 0.05) is 12.4 Å². The maximum absolute atomic E-state index is 12.6. The third-order valence-electron chi connectivity index (χ3n) is 3.98. The van der Waals surface area contributed by atoms with Gasteiger partial charge in [-0.25, -0.2) is 9.97 Å². The van der Waals surface area contributed by atoms with E-state index in [-0.39, 0.29) is 5.56 Å². The highest BCUT2D eigenvalue weighted by molar-refractivity contribution is 5.77. The predicted octanol–water partition coefficient (Wildman–Crippen LogP) is 2.71. The van der Waals surface area contributed by atoms with Crippen LogP contribution < -0.4 is 5.56 Å². The third-order valence-corrected chi connectivity index (χ3v) is 3.98. The van der Waals surface area contributed by atoms with E-state index in [1.54, 1.807) is 10.9 Å². The van der Waals surface area contributed by atoms with Crippen LogP contribution in [0.15, 0.2) is 53.8 Å². The first-order chi connectivity index (χ1) is 11.1. The van der Waals surface area contributed by atoms with Crippen molar-refractivity contribution in [3.8, 4) is 0 Å². The molecule has 23 heavy (non-hydrogen) atoms. The van der Waals surface area contributed by atoms with Crippen molar-refractivity contribution in [2.24, 2.45) is 0 Å². The standard InChI is InChI=1S/C18H16N4O/c1-12-3-4-16-15(7-12)18(23)22(11-19-16)10-14-9-21-6-5-13(2)8-17(21)20-14/h3-9,11H,10H2,1-2H3. The van der Waals surface area contributed by atoms with E-state index in [4.69, 9.17) is 0 Å². The molecule has 0 amide bonds. The number of pyridine rings is 1. The van der Waals surface area contributed by atoms with Crippen molar-refractivity contribution >= 4 is 16.6 Å². The van der Waals surface area contributed by atoms with Crippen molar-refractivity contribution in [2.75, 3.05) is 0 Å². The Morgan fingerprint density at radius 2 is 1.91 bits per heavy atom. The first-order valence-corrected chi connectivity index (χ1v) is 7.50. The third kappa shape index (κ3) is 2.40. The molecule has 114 valence electrons. The Hall–Kier alpha value is -2.95. The Morgan fingerprint density at radius 3 is 2.78 bits per heavy atom. The number of aromatic nitrogens is 4. The molecule has 5 nitrogen and oxygen atoms in total. The Balaban J connectivity index is 1.79. The number of hydrogen-bond acceptors (Lipinski definition) is 3. The molecule has 0 atom stereocenters. The molecule has 5 heteroatoms. The summed E-state index contributed by atoms with van der Waals surface area (Å²) in [7, 11) is 0. The fraction of sp³-hybridized carbons (Fsp3) is 0.167. The van der Waals surface area contributed by atoms with E-state index in [1.807, 2.05) is 61.0 Å². The van der Waals surface area contributed by atoms with Gasteiger partial charge in [-0.15, -0.1) is 0 Å². The van der Waals surface area contributed by atoms with Crippen molar-refractivity contribution in [1.82, 2.24) is 18.9 Å². The van der Waals surface area contributed by atoms with E-state index in [9.17, 15) is 4.79 Å². The second-order valence-corrected chi connectivity index (χ2v) is 5.90. The molecule has 0 fully saturated rings. The van der Waals surface area contributed by atoms with Crippen molar-refractivity contribution < 1.29 is 0 Å². The van der Waals surface area contributed by atoms with Gasteiger partial charge in [-0.1, -0.05) is 11.6 Å². The largest absolute Gasteiger partial charge is 0.307 e.